The van der Waals surface area contributed by atoms with Crippen LogP contribution in [0.5, 0.6) is 5.75 Å². The first kappa shape index (κ1) is 18.3. The van der Waals surface area contributed by atoms with Crippen LogP contribution in [0, 0.1) is 13.8 Å². The second kappa shape index (κ2) is 10.0. The van der Waals surface area contributed by atoms with Crippen LogP contribution < -0.4 is 0 Å². The highest BCUT2D eigenvalue weighted by molar-refractivity contribution is 5.87. The van der Waals surface area contributed by atoms with Gasteiger partial charge in [0.25, 0.3) is 0 Å². The van der Waals surface area contributed by atoms with Crippen molar-refractivity contribution in [2.24, 2.45) is 0 Å². The molecule has 0 aliphatic heterocycles. The molecule has 0 unspecified atom stereocenters. The Morgan fingerprint density at radius 1 is 1.09 bits per heavy atom. The number of hydrogen-bond donors (Lipinski definition) is 1. The molecule has 22 heavy (non-hydrogen) atoms. The summed E-state index contributed by atoms with van der Waals surface area (Å²) in [5.74, 6) is -0.000242. The molecule has 0 amide bonds. The summed E-state index contributed by atoms with van der Waals surface area (Å²) < 4.78 is 5.18. The molecule has 0 bridgehead atoms. The summed E-state index contributed by atoms with van der Waals surface area (Å²) in [6.07, 6.45) is 10.2. The van der Waals surface area contributed by atoms with E-state index < -0.39 is 0 Å². The SMILES string of the molecule is CCCCCCCCOC(=O)/C=C/c1cc(C)c(O)c(C)c1. The van der Waals surface area contributed by atoms with Gasteiger partial charge in [-0.25, -0.2) is 4.79 Å². The topological polar surface area (TPSA) is 46.5 Å². The summed E-state index contributed by atoms with van der Waals surface area (Å²) in [4.78, 5) is 11.6. The van der Waals surface area contributed by atoms with Gasteiger partial charge in [0.1, 0.15) is 5.75 Å². The smallest absolute Gasteiger partial charge is 0.330 e. The standard InChI is InChI=1S/C19H28O3/c1-4-5-6-7-8-9-12-22-18(20)11-10-17-13-15(2)19(21)16(3)14-17/h10-11,13-14,21H,4-9,12H2,1-3H3/b11-10+. The predicted molar refractivity (Wildman–Crippen MR) is 90.9 cm³/mol. The van der Waals surface area contributed by atoms with Gasteiger partial charge in [0, 0.05) is 6.08 Å². The first-order valence-corrected chi connectivity index (χ1v) is 8.19. The van der Waals surface area contributed by atoms with Gasteiger partial charge in [0.05, 0.1) is 6.61 Å². The highest BCUT2D eigenvalue weighted by Gasteiger charge is 2.02. The van der Waals surface area contributed by atoms with Crippen molar-refractivity contribution in [1.29, 1.82) is 0 Å². The van der Waals surface area contributed by atoms with E-state index in [0.717, 1.165) is 29.5 Å². The lowest BCUT2D eigenvalue weighted by atomic mass is 10.1. The van der Waals surface area contributed by atoms with Gasteiger partial charge < -0.3 is 9.84 Å². The van der Waals surface area contributed by atoms with Gasteiger partial charge in [0.2, 0.25) is 0 Å². The van der Waals surface area contributed by atoms with Crippen molar-refractivity contribution in [3.8, 4) is 5.75 Å². The number of ether oxygens (including phenoxy) is 1. The van der Waals surface area contributed by atoms with Gasteiger partial charge in [-0.15, -0.1) is 0 Å². The minimum atomic E-state index is -0.308. The van der Waals surface area contributed by atoms with Crippen molar-refractivity contribution in [1.82, 2.24) is 0 Å². The molecule has 0 aliphatic carbocycles. The zero-order chi connectivity index (χ0) is 16.4. The van der Waals surface area contributed by atoms with Crippen LogP contribution in [0.4, 0.5) is 0 Å². The van der Waals surface area contributed by atoms with Gasteiger partial charge >= 0.3 is 5.97 Å². The molecule has 0 spiro atoms. The molecule has 1 N–H and O–H groups in total. The molecule has 0 atom stereocenters. The molecule has 1 aromatic carbocycles. The van der Waals surface area contributed by atoms with E-state index in [2.05, 4.69) is 6.92 Å². The second-order valence-corrected chi connectivity index (χ2v) is 5.77. The van der Waals surface area contributed by atoms with Crippen LogP contribution in [0.3, 0.4) is 0 Å². The highest BCUT2D eigenvalue weighted by atomic mass is 16.5. The first-order valence-electron chi connectivity index (χ1n) is 8.19. The quantitative estimate of drug-likeness (QED) is 0.400. The van der Waals surface area contributed by atoms with Crippen molar-refractivity contribution in [3.63, 3.8) is 0 Å². The Morgan fingerprint density at radius 2 is 1.68 bits per heavy atom. The number of rotatable bonds is 9. The fourth-order valence-corrected chi connectivity index (χ4v) is 2.35. The summed E-state index contributed by atoms with van der Waals surface area (Å²) in [5.41, 5.74) is 2.50. The van der Waals surface area contributed by atoms with Crippen LogP contribution >= 0.6 is 0 Å². The Bertz CT molecular complexity index is 480. The number of esters is 1. The lowest BCUT2D eigenvalue weighted by Crippen LogP contribution is -2.02. The molecule has 0 aromatic heterocycles. The molecule has 0 heterocycles. The Kier molecular flexibility index (Phi) is 8.34. The average molecular weight is 304 g/mol. The normalized spacial score (nSPS) is 11.0. The number of benzene rings is 1. The molecule has 122 valence electrons. The van der Waals surface area contributed by atoms with E-state index in [4.69, 9.17) is 4.74 Å². The molecule has 0 saturated heterocycles. The Morgan fingerprint density at radius 3 is 2.32 bits per heavy atom. The molecular formula is C19H28O3. The van der Waals surface area contributed by atoms with E-state index in [1.165, 1.54) is 31.8 Å². The number of aryl methyl sites for hydroxylation is 2. The number of aromatic hydroxyl groups is 1. The maximum Gasteiger partial charge on any atom is 0.330 e. The number of unbranched alkanes of at least 4 members (excludes halogenated alkanes) is 5. The monoisotopic (exact) mass is 304 g/mol. The van der Waals surface area contributed by atoms with E-state index in [9.17, 15) is 9.90 Å². The number of phenols is 1. The molecule has 0 aliphatic rings. The van der Waals surface area contributed by atoms with Gasteiger partial charge in [0.15, 0.2) is 0 Å². The minimum absolute atomic E-state index is 0.308. The minimum Gasteiger partial charge on any atom is -0.507 e. The maximum atomic E-state index is 11.6. The molecular weight excluding hydrogens is 276 g/mol. The van der Waals surface area contributed by atoms with Crippen LogP contribution in [0.15, 0.2) is 18.2 Å². The lowest BCUT2D eigenvalue weighted by molar-refractivity contribution is -0.137. The third kappa shape index (κ3) is 6.79. The maximum absolute atomic E-state index is 11.6. The first-order chi connectivity index (χ1) is 10.5. The molecule has 0 radical (unpaired) electrons. The van der Waals surface area contributed by atoms with Crippen molar-refractivity contribution in [3.05, 3.63) is 34.9 Å². The molecule has 3 nitrogen and oxygen atoms in total. The number of carbonyl (C=O) groups is 1. The van der Waals surface area contributed by atoms with Gasteiger partial charge in [-0.1, -0.05) is 39.0 Å². The fraction of sp³-hybridized carbons (Fsp3) is 0.526. The van der Waals surface area contributed by atoms with E-state index >= 15 is 0 Å². The summed E-state index contributed by atoms with van der Waals surface area (Å²) >= 11 is 0. The molecule has 1 rings (SSSR count). The lowest BCUT2D eigenvalue weighted by Gasteiger charge is -2.05. The van der Waals surface area contributed by atoms with Crippen LogP contribution in [0.2, 0.25) is 0 Å². The highest BCUT2D eigenvalue weighted by Crippen LogP contribution is 2.23. The van der Waals surface area contributed by atoms with Crippen LogP contribution in [-0.4, -0.2) is 17.7 Å². The predicted octanol–water partition coefficient (Wildman–Crippen LogP) is 4.93. The summed E-state index contributed by atoms with van der Waals surface area (Å²) in [6, 6.07) is 3.69. The largest absolute Gasteiger partial charge is 0.507 e. The third-order valence-corrected chi connectivity index (χ3v) is 3.67. The zero-order valence-electron chi connectivity index (χ0n) is 14.0. The number of hydrogen-bond acceptors (Lipinski definition) is 3. The summed E-state index contributed by atoms with van der Waals surface area (Å²) in [6.45, 7) is 6.38. The van der Waals surface area contributed by atoms with E-state index in [-0.39, 0.29) is 5.97 Å². The van der Waals surface area contributed by atoms with Crippen molar-refractivity contribution < 1.29 is 14.6 Å². The van der Waals surface area contributed by atoms with Gasteiger partial charge in [-0.05, 0) is 55.2 Å². The van der Waals surface area contributed by atoms with E-state index in [0.29, 0.717) is 12.4 Å². The Labute approximate surface area is 134 Å². The van der Waals surface area contributed by atoms with Crippen LogP contribution in [0.25, 0.3) is 6.08 Å². The van der Waals surface area contributed by atoms with E-state index in [1.807, 2.05) is 26.0 Å². The molecule has 3 heteroatoms. The molecule has 0 saturated carbocycles. The van der Waals surface area contributed by atoms with Crippen molar-refractivity contribution >= 4 is 12.0 Å². The Balaban J connectivity index is 2.30. The van der Waals surface area contributed by atoms with Gasteiger partial charge in [-0.2, -0.15) is 0 Å². The molecule has 0 fully saturated rings. The molecule has 1 aromatic rings. The second-order valence-electron chi connectivity index (χ2n) is 5.77. The number of phenolic OH excluding ortho intramolecular Hbond substituents is 1. The fourth-order valence-electron chi connectivity index (χ4n) is 2.35. The third-order valence-electron chi connectivity index (χ3n) is 3.67. The number of carbonyl (C=O) groups excluding carboxylic acids is 1. The van der Waals surface area contributed by atoms with Crippen molar-refractivity contribution in [2.75, 3.05) is 6.61 Å². The average Bonchev–Trinajstić information content (AvgIpc) is 2.49. The van der Waals surface area contributed by atoms with Crippen LogP contribution in [-0.2, 0) is 9.53 Å². The van der Waals surface area contributed by atoms with Crippen molar-refractivity contribution in [2.45, 2.75) is 59.3 Å². The van der Waals surface area contributed by atoms with E-state index in [1.54, 1.807) is 6.08 Å². The summed E-state index contributed by atoms with van der Waals surface area (Å²) in [5, 5.41) is 9.71. The Hall–Kier alpha value is -1.77. The summed E-state index contributed by atoms with van der Waals surface area (Å²) in [7, 11) is 0. The zero-order valence-corrected chi connectivity index (χ0v) is 14.0. The van der Waals surface area contributed by atoms with Crippen LogP contribution in [0.1, 0.15) is 62.1 Å². The van der Waals surface area contributed by atoms with Gasteiger partial charge in [-0.3, -0.25) is 0 Å².